The Morgan fingerprint density at radius 1 is 1.55 bits per heavy atom. The maximum Gasteiger partial charge on any atom is 0.311 e. The highest BCUT2D eigenvalue weighted by atomic mass is 32.2. The number of thioether (sulfide) groups is 1. The molecule has 0 saturated carbocycles. The number of carbonyl (C=O) groups is 1. The smallest absolute Gasteiger partial charge is 0.311 e. The number of nitrogens with zero attached hydrogens (tertiary/aromatic N) is 3. The van der Waals surface area contributed by atoms with Crippen molar-refractivity contribution in [1.82, 2.24) is 4.90 Å². The largest absolute Gasteiger partial charge is 0.469 e. The molecule has 0 aliphatic carbocycles. The third-order valence-corrected chi connectivity index (χ3v) is 4.47. The van der Waals surface area contributed by atoms with Crippen LogP contribution in [0.25, 0.3) is 0 Å². The second-order valence-corrected chi connectivity index (χ2v) is 5.67. The van der Waals surface area contributed by atoms with E-state index >= 15 is 0 Å². The van der Waals surface area contributed by atoms with Gasteiger partial charge in [-0.15, -0.1) is 0 Å². The maximum atomic E-state index is 11.4. The molecule has 3 rings (SSSR count). The normalized spacial score (nSPS) is 19.5. The Balaban J connectivity index is 1.81. The average Bonchev–Trinajstić information content (AvgIpc) is 3.09. The minimum atomic E-state index is -0.392. The number of esters is 1. The van der Waals surface area contributed by atoms with Crippen LogP contribution in [0.1, 0.15) is 18.0 Å². The summed E-state index contributed by atoms with van der Waals surface area (Å²) in [7, 11) is 1.35. The lowest BCUT2D eigenvalue weighted by molar-refractivity contribution is -0.385. The lowest BCUT2D eigenvalue weighted by Crippen LogP contribution is -2.23. The Bertz CT molecular complexity index is 701. The molecule has 7 nitrogen and oxygen atoms in total. The van der Waals surface area contributed by atoms with Gasteiger partial charge >= 0.3 is 5.97 Å². The van der Waals surface area contributed by atoms with Crippen molar-refractivity contribution >= 4 is 28.6 Å². The number of rotatable bonds is 4. The summed E-state index contributed by atoms with van der Waals surface area (Å²) in [5, 5.41) is 13.8. The van der Waals surface area contributed by atoms with E-state index in [4.69, 9.17) is 0 Å². The zero-order valence-electron chi connectivity index (χ0n) is 11.8. The van der Waals surface area contributed by atoms with Gasteiger partial charge in [0, 0.05) is 11.8 Å². The molecule has 0 spiro atoms. The second kappa shape index (κ2) is 5.80. The topological polar surface area (TPSA) is 85.0 Å². The SMILES string of the molecule is COC(=O)CC1=CSC2=NC(c3ccccc3[N+](=O)[O-])CN12. The number of fused-ring (bicyclic) bond motifs is 1. The van der Waals surface area contributed by atoms with Crippen LogP contribution in [0.2, 0.25) is 0 Å². The molecule has 0 saturated heterocycles. The molecule has 8 heteroatoms. The number of aliphatic imine (C=N–C) groups is 1. The number of para-hydroxylation sites is 1. The molecule has 2 heterocycles. The molecule has 2 aliphatic heterocycles. The minimum Gasteiger partial charge on any atom is -0.469 e. The molecule has 0 fully saturated rings. The summed E-state index contributed by atoms with van der Waals surface area (Å²) in [6, 6.07) is 6.32. The minimum absolute atomic E-state index is 0.0709. The van der Waals surface area contributed by atoms with E-state index in [1.807, 2.05) is 10.3 Å². The number of benzene rings is 1. The first kappa shape index (κ1) is 14.6. The number of nitro groups is 1. The van der Waals surface area contributed by atoms with Crippen molar-refractivity contribution in [1.29, 1.82) is 0 Å². The number of nitro benzene ring substituents is 1. The summed E-state index contributed by atoms with van der Waals surface area (Å²) in [6.45, 7) is 0.496. The summed E-state index contributed by atoms with van der Waals surface area (Å²) < 4.78 is 4.68. The van der Waals surface area contributed by atoms with E-state index < -0.39 is 4.92 Å². The number of hydrogen-bond acceptors (Lipinski definition) is 7. The van der Waals surface area contributed by atoms with Crippen LogP contribution in [-0.2, 0) is 9.53 Å². The Hall–Kier alpha value is -2.35. The quantitative estimate of drug-likeness (QED) is 0.481. The average molecular weight is 319 g/mol. The highest BCUT2D eigenvalue weighted by molar-refractivity contribution is 8.16. The van der Waals surface area contributed by atoms with Crippen LogP contribution < -0.4 is 0 Å². The first-order valence-electron chi connectivity index (χ1n) is 6.61. The van der Waals surface area contributed by atoms with Crippen LogP contribution in [0.3, 0.4) is 0 Å². The lowest BCUT2D eigenvalue weighted by Gasteiger charge is -2.17. The number of ether oxygens (including phenoxy) is 1. The Morgan fingerprint density at radius 3 is 3.05 bits per heavy atom. The zero-order valence-corrected chi connectivity index (χ0v) is 12.6. The Labute approximate surface area is 130 Å². The van der Waals surface area contributed by atoms with E-state index in [9.17, 15) is 14.9 Å². The second-order valence-electron chi connectivity index (χ2n) is 4.83. The molecule has 0 radical (unpaired) electrons. The van der Waals surface area contributed by atoms with Crippen LogP contribution in [0.4, 0.5) is 5.69 Å². The van der Waals surface area contributed by atoms with E-state index in [0.29, 0.717) is 12.1 Å². The van der Waals surface area contributed by atoms with Crippen molar-refractivity contribution < 1.29 is 14.5 Å². The molecule has 22 heavy (non-hydrogen) atoms. The monoisotopic (exact) mass is 319 g/mol. The third kappa shape index (κ3) is 2.57. The fourth-order valence-electron chi connectivity index (χ4n) is 2.47. The predicted molar refractivity (Wildman–Crippen MR) is 82.3 cm³/mol. The summed E-state index contributed by atoms with van der Waals surface area (Å²) in [5.74, 6) is -0.317. The number of hydrogen-bond donors (Lipinski definition) is 0. The van der Waals surface area contributed by atoms with Gasteiger partial charge in [0.1, 0.15) is 6.04 Å². The van der Waals surface area contributed by atoms with Crippen molar-refractivity contribution in [2.24, 2.45) is 4.99 Å². The molecule has 0 amide bonds. The maximum absolute atomic E-state index is 11.4. The van der Waals surface area contributed by atoms with Gasteiger partial charge in [0.15, 0.2) is 5.17 Å². The fourth-order valence-corrected chi connectivity index (χ4v) is 3.43. The zero-order chi connectivity index (χ0) is 15.7. The van der Waals surface area contributed by atoms with Gasteiger partial charge in [0.05, 0.1) is 30.6 Å². The van der Waals surface area contributed by atoms with Crippen molar-refractivity contribution in [3.63, 3.8) is 0 Å². The molecule has 1 aromatic carbocycles. The Morgan fingerprint density at radius 2 is 2.32 bits per heavy atom. The molecular weight excluding hydrogens is 306 g/mol. The summed E-state index contributed by atoms with van der Waals surface area (Å²) in [6.07, 6.45) is 0.173. The predicted octanol–water partition coefficient (Wildman–Crippen LogP) is 2.46. The lowest BCUT2D eigenvalue weighted by atomic mass is 10.1. The van der Waals surface area contributed by atoms with Crippen molar-refractivity contribution in [3.8, 4) is 0 Å². The molecule has 2 aliphatic rings. The van der Waals surface area contributed by atoms with Crippen LogP contribution in [0.15, 0.2) is 40.4 Å². The van der Waals surface area contributed by atoms with Crippen LogP contribution in [-0.4, -0.2) is 34.6 Å². The van der Waals surface area contributed by atoms with Crippen LogP contribution in [0, 0.1) is 10.1 Å². The summed E-state index contributed by atoms with van der Waals surface area (Å²) >= 11 is 1.42. The van der Waals surface area contributed by atoms with Gasteiger partial charge in [0.25, 0.3) is 5.69 Å². The van der Waals surface area contributed by atoms with Gasteiger partial charge in [-0.1, -0.05) is 23.9 Å². The highest BCUT2D eigenvalue weighted by Crippen LogP contribution is 2.39. The van der Waals surface area contributed by atoms with E-state index in [1.54, 1.807) is 18.2 Å². The third-order valence-electron chi connectivity index (χ3n) is 3.55. The summed E-state index contributed by atoms with van der Waals surface area (Å²) in [5.41, 5.74) is 1.48. The standard InChI is InChI=1S/C14H13N3O4S/c1-21-13(18)6-9-8-22-14-15-11(7-16(9)14)10-4-2-3-5-12(10)17(19)20/h2-5,8,11H,6-7H2,1H3. The molecule has 1 aromatic rings. The molecule has 1 unspecified atom stereocenters. The molecule has 0 N–H and O–H groups in total. The van der Waals surface area contributed by atoms with Crippen molar-refractivity contribution in [3.05, 3.63) is 51.0 Å². The molecular formula is C14H13N3O4S. The van der Waals surface area contributed by atoms with Crippen molar-refractivity contribution in [2.45, 2.75) is 12.5 Å². The van der Waals surface area contributed by atoms with Gasteiger partial charge in [-0.3, -0.25) is 19.9 Å². The number of carbonyl (C=O) groups excluding carboxylic acids is 1. The summed E-state index contributed by atoms with van der Waals surface area (Å²) in [4.78, 5) is 28.6. The molecule has 0 aromatic heterocycles. The number of methoxy groups -OCH3 is 1. The van der Waals surface area contributed by atoms with Gasteiger partial charge < -0.3 is 9.64 Å². The Kier molecular flexibility index (Phi) is 3.84. The fraction of sp³-hybridized carbons (Fsp3) is 0.286. The van der Waals surface area contributed by atoms with E-state index in [1.165, 1.54) is 24.9 Å². The first-order chi connectivity index (χ1) is 10.6. The van der Waals surface area contributed by atoms with Crippen LogP contribution in [0.5, 0.6) is 0 Å². The van der Waals surface area contributed by atoms with Crippen molar-refractivity contribution in [2.75, 3.05) is 13.7 Å². The highest BCUT2D eigenvalue weighted by Gasteiger charge is 2.35. The molecule has 1 atom stereocenters. The van der Waals surface area contributed by atoms with Gasteiger partial charge in [-0.2, -0.15) is 0 Å². The van der Waals surface area contributed by atoms with E-state index in [0.717, 1.165) is 10.9 Å². The van der Waals surface area contributed by atoms with E-state index in [-0.39, 0.29) is 24.1 Å². The van der Waals surface area contributed by atoms with Gasteiger partial charge in [-0.25, -0.2) is 0 Å². The van der Waals surface area contributed by atoms with E-state index in [2.05, 4.69) is 9.73 Å². The molecule has 0 bridgehead atoms. The number of amidine groups is 1. The van der Waals surface area contributed by atoms with Gasteiger partial charge in [-0.05, 0) is 11.5 Å². The molecule has 114 valence electrons. The first-order valence-corrected chi connectivity index (χ1v) is 7.49. The van der Waals surface area contributed by atoms with Gasteiger partial charge in [0.2, 0.25) is 0 Å². The van der Waals surface area contributed by atoms with Crippen LogP contribution >= 0.6 is 11.8 Å².